The van der Waals surface area contributed by atoms with Crippen LogP contribution in [-0.4, -0.2) is 37.5 Å². The minimum absolute atomic E-state index is 0.103. The summed E-state index contributed by atoms with van der Waals surface area (Å²) in [6.45, 7) is 10.5. The van der Waals surface area contributed by atoms with E-state index in [0.717, 1.165) is 42.8 Å². The van der Waals surface area contributed by atoms with E-state index in [4.69, 9.17) is 4.84 Å². The first kappa shape index (κ1) is 26.5. The van der Waals surface area contributed by atoms with Crippen molar-refractivity contribution in [3.05, 3.63) is 71.8 Å². The Morgan fingerprint density at radius 1 is 0.909 bits per heavy atom. The number of aryl methyl sites for hydroxylation is 1. The lowest BCUT2D eigenvalue weighted by Gasteiger charge is -2.17. The van der Waals surface area contributed by atoms with E-state index in [1.54, 1.807) is 4.90 Å². The molecule has 2 rings (SSSR count). The van der Waals surface area contributed by atoms with Crippen molar-refractivity contribution < 1.29 is 9.63 Å². The fraction of sp³-hybridized carbons (Fsp3) is 0.464. The van der Waals surface area contributed by atoms with Crippen molar-refractivity contribution in [3.8, 4) is 5.75 Å². The molecule has 1 amide bonds. The number of rotatable bonds is 16. The number of nitrogens with one attached hydrogen (secondary N) is 2. The predicted octanol–water partition coefficient (Wildman–Crippen LogP) is 5.36. The van der Waals surface area contributed by atoms with Crippen LogP contribution in [0.5, 0.6) is 5.75 Å². The monoisotopic (exact) mass is 451 g/mol. The van der Waals surface area contributed by atoms with Crippen molar-refractivity contribution in [2.24, 2.45) is 0 Å². The van der Waals surface area contributed by atoms with Gasteiger partial charge in [-0.1, -0.05) is 69.7 Å². The molecule has 0 aliphatic rings. The summed E-state index contributed by atoms with van der Waals surface area (Å²) >= 11 is 0. The largest absolute Gasteiger partial charge is 0.409 e. The molecular weight excluding hydrogens is 410 g/mol. The molecule has 2 N–H and O–H groups in total. The summed E-state index contributed by atoms with van der Waals surface area (Å²) in [4.78, 5) is 19.7. The molecule has 0 saturated heterocycles. The maximum Gasteiger partial charge on any atom is 0.223 e. The van der Waals surface area contributed by atoms with E-state index in [0.29, 0.717) is 19.5 Å². The highest BCUT2D eigenvalue weighted by Crippen LogP contribution is 2.14. The second-order valence-electron chi connectivity index (χ2n) is 8.52. The standard InChI is InChI=1S/C28H41N3O2/c1-5-7-8-9-24-12-16-27(17-13-24)33-30-21-18-28(32)31(4)22-19-25-10-14-26(15-11-25)23(3)29-20-6-2/h10-17,29-30H,3,5-9,18-22H2,1-2,4H3. The molecule has 0 radical (unpaired) electrons. The van der Waals surface area contributed by atoms with Crippen molar-refractivity contribution in [1.82, 2.24) is 15.7 Å². The highest BCUT2D eigenvalue weighted by Gasteiger charge is 2.09. The molecule has 0 spiro atoms. The molecule has 180 valence electrons. The maximum atomic E-state index is 12.4. The quantitative estimate of drug-likeness (QED) is 0.266. The van der Waals surface area contributed by atoms with Gasteiger partial charge in [-0.25, -0.2) is 0 Å². The van der Waals surface area contributed by atoms with Crippen LogP contribution >= 0.6 is 0 Å². The van der Waals surface area contributed by atoms with Gasteiger partial charge in [0, 0.05) is 38.8 Å². The van der Waals surface area contributed by atoms with E-state index in [1.165, 1.54) is 30.4 Å². The molecule has 0 atom stereocenters. The number of carbonyl (C=O) groups excluding carboxylic acids is 1. The number of unbranched alkanes of at least 4 members (excludes halogenated alkanes) is 2. The van der Waals surface area contributed by atoms with E-state index < -0.39 is 0 Å². The molecule has 5 nitrogen and oxygen atoms in total. The molecule has 0 aliphatic heterocycles. The van der Waals surface area contributed by atoms with Gasteiger partial charge in [-0.2, -0.15) is 5.48 Å². The summed E-state index contributed by atoms with van der Waals surface area (Å²) in [7, 11) is 1.85. The van der Waals surface area contributed by atoms with Crippen LogP contribution in [0.4, 0.5) is 0 Å². The van der Waals surface area contributed by atoms with Crippen LogP contribution in [0.1, 0.15) is 62.6 Å². The van der Waals surface area contributed by atoms with Gasteiger partial charge in [-0.3, -0.25) is 4.79 Å². The highest BCUT2D eigenvalue weighted by molar-refractivity contribution is 5.76. The van der Waals surface area contributed by atoms with Crippen LogP contribution in [0.25, 0.3) is 5.70 Å². The molecule has 33 heavy (non-hydrogen) atoms. The zero-order valence-electron chi connectivity index (χ0n) is 20.7. The number of hydrogen-bond acceptors (Lipinski definition) is 4. The summed E-state index contributed by atoms with van der Waals surface area (Å²) in [6.07, 6.45) is 7.13. The first-order valence-electron chi connectivity index (χ1n) is 12.3. The topological polar surface area (TPSA) is 53.6 Å². The Morgan fingerprint density at radius 3 is 2.24 bits per heavy atom. The third-order valence-corrected chi connectivity index (χ3v) is 5.68. The van der Waals surface area contributed by atoms with E-state index in [2.05, 4.69) is 67.6 Å². The zero-order chi connectivity index (χ0) is 23.9. The van der Waals surface area contributed by atoms with Crippen molar-refractivity contribution in [2.75, 3.05) is 26.7 Å². The Bertz CT molecular complexity index is 831. The number of carbonyl (C=O) groups is 1. The third kappa shape index (κ3) is 10.1. The molecule has 0 bridgehead atoms. The van der Waals surface area contributed by atoms with Gasteiger partial charge in [0.25, 0.3) is 0 Å². The Morgan fingerprint density at radius 2 is 1.58 bits per heavy atom. The molecule has 0 aromatic heterocycles. The Hall–Kier alpha value is -2.79. The lowest BCUT2D eigenvalue weighted by Crippen LogP contribution is -2.32. The summed E-state index contributed by atoms with van der Waals surface area (Å²) in [5, 5.41) is 3.32. The Labute approximate surface area is 200 Å². The fourth-order valence-corrected chi connectivity index (χ4v) is 3.46. The van der Waals surface area contributed by atoms with Crippen LogP contribution in [0.2, 0.25) is 0 Å². The molecule has 0 fully saturated rings. The first-order valence-corrected chi connectivity index (χ1v) is 12.3. The van der Waals surface area contributed by atoms with Crippen molar-refractivity contribution >= 4 is 11.6 Å². The average molecular weight is 452 g/mol. The number of hydrogen-bond donors (Lipinski definition) is 2. The van der Waals surface area contributed by atoms with Crippen LogP contribution < -0.4 is 15.6 Å². The number of benzene rings is 2. The highest BCUT2D eigenvalue weighted by atomic mass is 16.6. The summed E-state index contributed by atoms with van der Waals surface area (Å²) < 4.78 is 0. The third-order valence-electron chi connectivity index (χ3n) is 5.68. The van der Waals surface area contributed by atoms with E-state index in [-0.39, 0.29) is 5.91 Å². The lowest BCUT2D eigenvalue weighted by atomic mass is 10.1. The first-order chi connectivity index (χ1) is 16.0. The number of nitrogens with zero attached hydrogens (tertiary/aromatic N) is 1. The minimum atomic E-state index is 0.103. The second-order valence-corrected chi connectivity index (χ2v) is 8.52. The number of hydroxylamine groups is 1. The normalized spacial score (nSPS) is 10.6. The van der Waals surface area contributed by atoms with Crippen LogP contribution in [-0.2, 0) is 17.6 Å². The Balaban J connectivity index is 1.63. The molecule has 2 aromatic rings. The maximum absolute atomic E-state index is 12.4. The van der Waals surface area contributed by atoms with Gasteiger partial charge in [0.05, 0.1) is 0 Å². The van der Waals surface area contributed by atoms with Gasteiger partial charge in [-0.15, -0.1) is 0 Å². The predicted molar refractivity (Wildman–Crippen MR) is 138 cm³/mol. The number of amides is 1. The van der Waals surface area contributed by atoms with Gasteiger partial charge < -0.3 is 15.1 Å². The van der Waals surface area contributed by atoms with Crippen molar-refractivity contribution in [1.29, 1.82) is 0 Å². The van der Waals surface area contributed by atoms with E-state index >= 15 is 0 Å². The summed E-state index contributed by atoms with van der Waals surface area (Å²) in [5.74, 6) is 0.872. The van der Waals surface area contributed by atoms with Crippen molar-refractivity contribution in [3.63, 3.8) is 0 Å². The smallest absolute Gasteiger partial charge is 0.223 e. The van der Waals surface area contributed by atoms with Gasteiger partial charge in [0.2, 0.25) is 5.91 Å². The Kier molecular flexibility index (Phi) is 12.1. The molecule has 2 aromatic carbocycles. The van der Waals surface area contributed by atoms with Gasteiger partial charge in [0.15, 0.2) is 0 Å². The lowest BCUT2D eigenvalue weighted by molar-refractivity contribution is -0.130. The molecule has 0 saturated carbocycles. The van der Waals surface area contributed by atoms with Crippen LogP contribution in [0.15, 0.2) is 55.1 Å². The molecule has 0 unspecified atom stereocenters. The molecular formula is C28H41N3O2. The molecule has 0 aliphatic carbocycles. The van der Waals surface area contributed by atoms with E-state index in [9.17, 15) is 4.79 Å². The van der Waals surface area contributed by atoms with Crippen molar-refractivity contribution in [2.45, 2.75) is 58.8 Å². The molecule has 0 heterocycles. The van der Waals surface area contributed by atoms with Crippen LogP contribution in [0, 0.1) is 0 Å². The second kappa shape index (κ2) is 15.1. The van der Waals surface area contributed by atoms with E-state index in [1.807, 2.05) is 19.2 Å². The average Bonchev–Trinajstić information content (AvgIpc) is 2.84. The fourth-order valence-electron chi connectivity index (χ4n) is 3.46. The van der Waals surface area contributed by atoms with Gasteiger partial charge >= 0.3 is 0 Å². The van der Waals surface area contributed by atoms with Gasteiger partial charge in [-0.05, 0) is 54.5 Å². The minimum Gasteiger partial charge on any atom is -0.409 e. The summed E-state index contributed by atoms with van der Waals surface area (Å²) in [6, 6.07) is 16.5. The zero-order valence-corrected chi connectivity index (χ0v) is 20.7. The molecule has 5 heteroatoms. The summed E-state index contributed by atoms with van der Waals surface area (Å²) in [5.41, 5.74) is 7.50. The number of likely N-dealkylation sites (N-methyl/N-ethyl adjacent to an activating group) is 1. The van der Waals surface area contributed by atoms with Gasteiger partial charge in [0.1, 0.15) is 5.75 Å². The van der Waals surface area contributed by atoms with Crippen LogP contribution in [0.3, 0.4) is 0 Å². The SMILES string of the molecule is C=C(NCCC)c1ccc(CCN(C)C(=O)CCNOc2ccc(CCCCC)cc2)cc1.